The van der Waals surface area contributed by atoms with Crippen molar-refractivity contribution in [2.45, 2.75) is 13.3 Å². The van der Waals surface area contributed by atoms with E-state index < -0.39 is 5.97 Å². The minimum absolute atomic E-state index is 0.121. The number of aryl methyl sites for hydroxylation is 1. The molecule has 1 heterocycles. The van der Waals surface area contributed by atoms with Gasteiger partial charge in [-0.2, -0.15) is 0 Å². The Bertz CT molecular complexity index is 648. The summed E-state index contributed by atoms with van der Waals surface area (Å²) < 4.78 is 0. The average molecular weight is 289 g/mol. The van der Waals surface area contributed by atoms with Gasteiger partial charge < -0.3 is 10.0 Å². The lowest BCUT2D eigenvalue weighted by atomic mass is 10.1. The molecular formula is C15H15NO3S. The van der Waals surface area contributed by atoms with E-state index in [1.54, 1.807) is 31.3 Å². The quantitative estimate of drug-likeness (QED) is 0.939. The maximum absolute atomic E-state index is 12.4. The number of para-hydroxylation sites is 1. The van der Waals surface area contributed by atoms with Gasteiger partial charge >= 0.3 is 5.97 Å². The van der Waals surface area contributed by atoms with Crippen molar-refractivity contribution < 1.29 is 14.7 Å². The van der Waals surface area contributed by atoms with Crippen LogP contribution in [0.4, 0.5) is 5.69 Å². The number of carbonyl (C=O) groups is 2. The standard InChI is InChI=1S/C15H15NO3S/c1-3-10-8-9-13(20-10)14(17)16(2)12-7-5-4-6-11(12)15(18)19/h4-9H,3H2,1-2H3,(H,18,19). The van der Waals surface area contributed by atoms with Gasteiger partial charge in [0.2, 0.25) is 0 Å². The summed E-state index contributed by atoms with van der Waals surface area (Å²) in [5.41, 5.74) is 0.520. The topological polar surface area (TPSA) is 57.6 Å². The largest absolute Gasteiger partial charge is 0.478 e. The molecule has 1 N–H and O–H groups in total. The molecular weight excluding hydrogens is 274 g/mol. The van der Waals surface area contributed by atoms with Gasteiger partial charge in [-0.3, -0.25) is 4.79 Å². The second-order valence-electron chi connectivity index (χ2n) is 4.31. The molecule has 0 aliphatic rings. The highest BCUT2D eigenvalue weighted by Gasteiger charge is 2.20. The third-order valence-electron chi connectivity index (χ3n) is 3.02. The van der Waals surface area contributed by atoms with Crippen LogP contribution in [0.25, 0.3) is 0 Å². The van der Waals surface area contributed by atoms with Crippen molar-refractivity contribution in [3.63, 3.8) is 0 Å². The molecule has 1 aromatic heterocycles. The first-order valence-corrected chi connectivity index (χ1v) is 7.05. The van der Waals surface area contributed by atoms with Crippen LogP contribution < -0.4 is 4.90 Å². The normalized spacial score (nSPS) is 10.3. The third-order valence-corrected chi connectivity index (χ3v) is 4.24. The molecule has 0 saturated carbocycles. The maximum Gasteiger partial charge on any atom is 0.337 e. The predicted molar refractivity (Wildman–Crippen MR) is 79.8 cm³/mol. The number of hydrogen-bond acceptors (Lipinski definition) is 3. The van der Waals surface area contributed by atoms with Gasteiger partial charge in [-0.05, 0) is 30.7 Å². The van der Waals surface area contributed by atoms with E-state index in [-0.39, 0.29) is 11.5 Å². The van der Waals surface area contributed by atoms with E-state index in [1.165, 1.54) is 22.3 Å². The molecule has 0 unspecified atom stereocenters. The van der Waals surface area contributed by atoms with Crippen LogP contribution >= 0.6 is 11.3 Å². The van der Waals surface area contributed by atoms with E-state index in [9.17, 15) is 14.7 Å². The zero-order valence-electron chi connectivity index (χ0n) is 11.3. The molecule has 1 amide bonds. The molecule has 0 radical (unpaired) electrons. The fourth-order valence-corrected chi connectivity index (χ4v) is 2.83. The van der Waals surface area contributed by atoms with Gasteiger partial charge in [0.25, 0.3) is 5.91 Å². The van der Waals surface area contributed by atoms with Gasteiger partial charge in [-0.25, -0.2) is 4.79 Å². The number of hydrogen-bond donors (Lipinski definition) is 1. The van der Waals surface area contributed by atoms with E-state index in [2.05, 4.69) is 0 Å². The van der Waals surface area contributed by atoms with Crippen LogP contribution in [-0.2, 0) is 6.42 Å². The van der Waals surface area contributed by atoms with Crippen molar-refractivity contribution in [3.05, 3.63) is 51.7 Å². The molecule has 0 bridgehead atoms. The zero-order valence-corrected chi connectivity index (χ0v) is 12.1. The van der Waals surface area contributed by atoms with Gasteiger partial charge in [0.15, 0.2) is 0 Å². The second kappa shape index (κ2) is 5.88. The summed E-state index contributed by atoms with van der Waals surface area (Å²) in [6.07, 6.45) is 0.882. The van der Waals surface area contributed by atoms with Crippen LogP contribution in [0, 0.1) is 0 Å². The van der Waals surface area contributed by atoms with Gasteiger partial charge in [0, 0.05) is 11.9 Å². The number of nitrogens with zero attached hydrogens (tertiary/aromatic N) is 1. The average Bonchev–Trinajstić information content (AvgIpc) is 2.94. The summed E-state index contributed by atoms with van der Waals surface area (Å²) >= 11 is 1.44. The Balaban J connectivity index is 2.33. The molecule has 0 atom stereocenters. The highest BCUT2D eigenvalue weighted by molar-refractivity contribution is 7.14. The summed E-state index contributed by atoms with van der Waals surface area (Å²) in [4.78, 5) is 26.7. The van der Waals surface area contributed by atoms with Crippen molar-refractivity contribution in [1.29, 1.82) is 0 Å². The molecule has 104 valence electrons. The van der Waals surface area contributed by atoms with Crippen LogP contribution in [0.1, 0.15) is 31.8 Å². The Labute approximate surface area is 121 Å². The van der Waals surface area contributed by atoms with E-state index >= 15 is 0 Å². The SMILES string of the molecule is CCc1ccc(C(=O)N(C)c2ccccc2C(=O)O)s1. The molecule has 5 heteroatoms. The highest BCUT2D eigenvalue weighted by Crippen LogP contribution is 2.24. The first-order valence-electron chi connectivity index (χ1n) is 6.23. The first kappa shape index (κ1) is 14.3. The number of carbonyl (C=O) groups excluding carboxylic acids is 1. The van der Waals surface area contributed by atoms with Crippen LogP contribution in [-0.4, -0.2) is 24.0 Å². The Hall–Kier alpha value is -2.14. The number of amides is 1. The van der Waals surface area contributed by atoms with Crippen molar-refractivity contribution in [2.24, 2.45) is 0 Å². The number of benzene rings is 1. The molecule has 0 aliphatic carbocycles. The molecule has 2 rings (SSSR count). The molecule has 20 heavy (non-hydrogen) atoms. The first-order chi connectivity index (χ1) is 9.54. The van der Waals surface area contributed by atoms with Crippen LogP contribution in [0.15, 0.2) is 36.4 Å². The molecule has 0 saturated heterocycles. The van der Waals surface area contributed by atoms with Crippen molar-refractivity contribution >= 4 is 28.9 Å². The molecule has 0 aliphatic heterocycles. The maximum atomic E-state index is 12.4. The number of anilines is 1. The summed E-state index contributed by atoms with van der Waals surface area (Å²) in [7, 11) is 1.59. The molecule has 0 fully saturated rings. The molecule has 4 nitrogen and oxygen atoms in total. The molecule has 1 aromatic carbocycles. The van der Waals surface area contributed by atoms with Gasteiger partial charge in [-0.15, -0.1) is 11.3 Å². The number of rotatable bonds is 4. The molecule has 2 aromatic rings. The van der Waals surface area contributed by atoms with Gasteiger partial charge in [0.1, 0.15) is 0 Å². The minimum Gasteiger partial charge on any atom is -0.478 e. The lowest BCUT2D eigenvalue weighted by Crippen LogP contribution is -2.27. The molecule has 0 spiro atoms. The van der Waals surface area contributed by atoms with E-state index in [0.29, 0.717) is 10.6 Å². The highest BCUT2D eigenvalue weighted by atomic mass is 32.1. The third kappa shape index (κ3) is 2.72. The van der Waals surface area contributed by atoms with Gasteiger partial charge in [0.05, 0.1) is 16.1 Å². The summed E-state index contributed by atoms with van der Waals surface area (Å²) in [5.74, 6) is -1.23. The Kier molecular flexibility index (Phi) is 4.20. The number of carboxylic acid groups (broad SMARTS) is 1. The zero-order chi connectivity index (χ0) is 14.7. The lowest BCUT2D eigenvalue weighted by Gasteiger charge is -2.18. The van der Waals surface area contributed by atoms with E-state index in [0.717, 1.165) is 11.3 Å². The van der Waals surface area contributed by atoms with Crippen LogP contribution in [0.5, 0.6) is 0 Å². The Morgan fingerprint density at radius 1 is 1.20 bits per heavy atom. The number of aromatic carboxylic acids is 1. The fourth-order valence-electron chi connectivity index (χ4n) is 1.90. The Morgan fingerprint density at radius 3 is 2.50 bits per heavy atom. The smallest absolute Gasteiger partial charge is 0.337 e. The summed E-state index contributed by atoms with van der Waals surface area (Å²) in [5, 5.41) is 9.17. The predicted octanol–water partition coefficient (Wildman–Crippen LogP) is 3.29. The minimum atomic E-state index is -1.04. The van der Waals surface area contributed by atoms with Crippen LogP contribution in [0.3, 0.4) is 0 Å². The summed E-state index contributed by atoms with van der Waals surface area (Å²) in [6, 6.07) is 10.2. The van der Waals surface area contributed by atoms with Crippen molar-refractivity contribution in [3.8, 4) is 0 Å². The second-order valence-corrected chi connectivity index (χ2v) is 5.47. The van der Waals surface area contributed by atoms with Gasteiger partial charge in [-0.1, -0.05) is 19.1 Å². The monoisotopic (exact) mass is 289 g/mol. The summed E-state index contributed by atoms with van der Waals surface area (Å²) in [6.45, 7) is 2.03. The van der Waals surface area contributed by atoms with E-state index in [1.807, 2.05) is 13.0 Å². The number of carboxylic acids is 1. The fraction of sp³-hybridized carbons (Fsp3) is 0.200. The van der Waals surface area contributed by atoms with Crippen molar-refractivity contribution in [2.75, 3.05) is 11.9 Å². The Morgan fingerprint density at radius 2 is 1.90 bits per heavy atom. The number of thiophene rings is 1. The van der Waals surface area contributed by atoms with Crippen molar-refractivity contribution in [1.82, 2.24) is 0 Å². The van der Waals surface area contributed by atoms with Crippen LogP contribution in [0.2, 0.25) is 0 Å². The lowest BCUT2D eigenvalue weighted by molar-refractivity contribution is 0.0697. The van der Waals surface area contributed by atoms with E-state index in [4.69, 9.17) is 0 Å².